The number of rotatable bonds is 2. The Morgan fingerprint density at radius 3 is 1.00 bits per heavy atom. The zero-order chi connectivity index (χ0) is 9.71. The molecule has 0 radical (unpaired) electrons. The molecule has 9 nitrogen and oxygen atoms in total. The first kappa shape index (κ1) is 13.7. The highest BCUT2D eigenvalue weighted by atomic mass is 31.3. The lowest BCUT2D eigenvalue weighted by atomic mass is 15.0. The van der Waals surface area contributed by atoms with Crippen LogP contribution in [0.5, 0.6) is 0 Å². The van der Waals surface area contributed by atoms with E-state index in [9.17, 15) is 9.13 Å². The van der Waals surface area contributed by atoms with E-state index in [0.717, 1.165) is 0 Å². The topological polar surface area (TPSA) is 165 Å². The van der Waals surface area contributed by atoms with Crippen molar-refractivity contribution >= 4 is 15.6 Å². The molecule has 11 heavy (non-hydrogen) atoms. The molecule has 0 aliphatic heterocycles. The van der Waals surface area contributed by atoms with Gasteiger partial charge in [0.2, 0.25) is 0 Å². The van der Waals surface area contributed by atoms with Gasteiger partial charge in [-0.25, -0.2) is 9.13 Å². The Kier molecular flexibility index (Phi) is 6.17. The molecule has 0 aromatic carbocycles. The smallest absolute Gasteiger partial charge is 0.302 e. The largest absolute Gasteiger partial charge is 0.478 e. The van der Waals surface area contributed by atoms with E-state index in [0.29, 0.717) is 0 Å². The maximum atomic E-state index is 9.63. The number of phosphoric acid groups is 2. The molecule has 0 rings (SSSR count). The fraction of sp³-hybridized carbons (Fsp3) is 0. The Bertz CT molecular complexity index is 148. The maximum Gasteiger partial charge on any atom is 0.478 e. The molecule has 0 aromatic rings. The molecule has 0 bridgehead atoms. The van der Waals surface area contributed by atoms with Crippen LogP contribution in [0, 0.1) is 0 Å². The molecule has 0 amide bonds. The van der Waals surface area contributed by atoms with Gasteiger partial charge >= 0.3 is 15.6 Å². The second-order valence-corrected chi connectivity index (χ2v) is 3.68. The standard InChI is InChI=1S/H4O7P2.H2O2/c1-8(2,3)7-9(4,5)6;1-2/h(H2,1,2,3)(H2,4,5,6);1-2H. The molecule has 0 aliphatic rings. The average molecular weight is 212 g/mol. The summed E-state index contributed by atoms with van der Waals surface area (Å²) in [5.41, 5.74) is 0. The van der Waals surface area contributed by atoms with E-state index < -0.39 is 15.6 Å². The Balaban J connectivity index is 0. The molecule has 6 N–H and O–H groups in total. The second-order valence-electron chi connectivity index (χ2n) is 1.06. The Morgan fingerprint density at radius 1 is 0.818 bits per heavy atom. The fourth-order valence-corrected chi connectivity index (χ4v) is 1.25. The lowest BCUT2D eigenvalue weighted by molar-refractivity contribution is -0.176. The van der Waals surface area contributed by atoms with E-state index in [-0.39, 0.29) is 0 Å². The predicted molar refractivity (Wildman–Crippen MR) is 30.4 cm³/mol. The number of hydrogen-bond acceptors (Lipinski definition) is 5. The van der Waals surface area contributed by atoms with Crippen LogP contribution in [0.2, 0.25) is 0 Å². The van der Waals surface area contributed by atoms with Crippen molar-refractivity contribution in [1.82, 2.24) is 0 Å². The predicted octanol–water partition coefficient (Wildman–Crippen LogP) is -0.794. The van der Waals surface area contributed by atoms with Gasteiger partial charge in [0.15, 0.2) is 0 Å². The van der Waals surface area contributed by atoms with Gasteiger partial charge in [-0.1, -0.05) is 0 Å². The van der Waals surface area contributed by atoms with Gasteiger partial charge in [0.25, 0.3) is 0 Å². The quantitative estimate of drug-likeness (QED) is 0.195. The lowest BCUT2D eigenvalue weighted by Gasteiger charge is -2.03. The van der Waals surface area contributed by atoms with Crippen molar-refractivity contribution in [2.75, 3.05) is 0 Å². The Hall–Kier alpha value is 0.180. The zero-order valence-corrected chi connectivity index (χ0v) is 6.59. The van der Waals surface area contributed by atoms with E-state index in [1.54, 1.807) is 0 Å². The Morgan fingerprint density at radius 2 is 1.00 bits per heavy atom. The second kappa shape index (κ2) is 4.94. The van der Waals surface area contributed by atoms with Crippen LogP contribution in [0.15, 0.2) is 0 Å². The SMILES string of the molecule is O=P(O)(O)OP(=O)(O)O.OO. The summed E-state index contributed by atoms with van der Waals surface area (Å²) < 4.78 is 22.2. The average Bonchev–Trinajstić information content (AvgIpc) is 1.60. The molecule has 0 fully saturated rings. The van der Waals surface area contributed by atoms with Crippen LogP contribution in [0.25, 0.3) is 0 Å². The van der Waals surface area contributed by atoms with Crippen LogP contribution in [0.3, 0.4) is 0 Å². The summed E-state index contributed by atoms with van der Waals surface area (Å²) in [6.07, 6.45) is 0. The van der Waals surface area contributed by atoms with Gasteiger partial charge in [-0.2, -0.15) is 4.31 Å². The lowest BCUT2D eigenvalue weighted by Crippen LogP contribution is -1.84. The molecule has 0 spiro atoms. The highest BCUT2D eigenvalue weighted by Crippen LogP contribution is 2.53. The first-order valence-corrected chi connectivity index (χ1v) is 4.79. The summed E-state index contributed by atoms with van der Waals surface area (Å²) in [5, 5.41) is 12.0. The Labute approximate surface area is 60.3 Å². The summed E-state index contributed by atoms with van der Waals surface area (Å²) in [4.78, 5) is 31.0. The van der Waals surface area contributed by atoms with Crippen LogP contribution in [0.1, 0.15) is 0 Å². The van der Waals surface area contributed by atoms with Gasteiger partial charge < -0.3 is 19.6 Å². The van der Waals surface area contributed by atoms with E-state index in [1.807, 2.05) is 0 Å². The molecule has 0 saturated carbocycles. The third-order valence-electron chi connectivity index (χ3n) is 0.213. The molecule has 11 heteroatoms. The minimum absolute atomic E-state index is 2.96. The summed E-state index contributed by atoms with van der Waals surface area (Å²) in [6, 6.07) is 0. The van der Waals surface area contributed by atoms with Crippen LogP contribution < -0.4 is 0 Å². The van der Waals surface area contributed by atoms with E-state index >= 15 is 0 Å². The highest BCUT2D eigenvalue weighted by Gasteiger charge is 2.27. The first-order chi connectivity index (χ1) is 4.71. The van der Waals surface area contributed by atoms with E-state index in [2.05, 4.69) is 4.31 Å². The first-order valence-electron chi connectivity index (χ1n) is 1.73. The van der Waals surface area contributed by atoms with Gasteiger partial charge in [-0.3, -0.25) is 10.5 Å². The monoisotopic (exact) mass is 212 g/mol. The molecule has 0 aliphatic carbocycles. The molecular formula is H6O9P2. The minimum atomic E-state index is -5.05. The molecule has 0 unspecified atom stereocenters. The summed E-state index contributed by atoms with van der Waals surface area (Å²) in [6.45, 7) is 0. The van der Waals surface area contributed by atoms with Crippen molar-refractivity contribution in [3.05, 3.63) is 0 Å². The van der Waals surface area contributed by atoms with Gasteiger partial charge in [-0.05, 0) is 0 Å². The third-order valence-corrected chi connectivity index (χ3v) is 1.91. The van der Waals surface area contributed by atoms with E-state index in [4.69, 9.17) is 30.1 Å². The molecule has 0 aromatic heterocycles. The molecule has 0 saturated heterocycles. The zero-order valence-electron chi connectivity index (χ0n) is 4.80. The van der Waals surface area contributed by atoms with Gasteiger partial charge in [0.1, 0.15) is 0 Å². The molecular weight excluding hydrogens is 206 g/mol. The number of hydrogen-bond donors (Lipinski definition) is 6. The normalized spacial score (nSPS) is 11.8. The maximum absolute atomic E-state index is 9.63. The van der Waals surface area contributed by atoms with Crippen molar-refractivity contribution in [2.45, 2.75) is 0 Å². The van der Waals surface area contributed by atoms with Crippen molar-refractivity contribution in [3.8, 4) is 0 Å². The highest BCUT2D eigenvalue weighted by molar-refractivity contribution is 7.60. The van der Waals surface area contributed by atoms with Gasteiger partial charge in [-0.15, -0.1) is 0 Å². The molecule has 0 atom stereocenters. The van der Waals surface area contributed by atoms with Crippen molar-refractivity contribution < 1.29 is 43.5 Å². The van der Waals surface area contributed by atoms with Gasteiger partial charge in [0, 0.05) is 0 Å². The van der Waals surface area contributed by atoms with Crippen molar-refractivity contribution in [3.63, 3.8) is 0 Å². The summed E-state index contributed by atoms with van der Waals surface area (Å²) >= 11 is 0. The third kappa shape index (κ3) is 17.8. The minimum Gasteiger partial charge on any atom is -0.302 e. The van der Waals surface area contributed by atoms with Crippen LogP contribution >= 0.6 is 15.6 Å². The van der Waals surface area contributed by atoms with E-state index in [1.165, 1.54) is 0 Å². The summed E-state index contributed by atoms with van der Waals surface area (Å²) in [7, 11) is -10.1. The van der Waals surface area contributed by atoms with Crippen molar-refractivity contribution in [1.29, 1.82) is 0 Å². The van der Waals surface area contributed by atoms with Crippen molar-refractivity contribution in [2.24, 2.45) is 0 Å². The summed E-state index contributed by atoms with van der Waals surface area (Å²) in [5.74, 6) is 0. The molecule has 0 heterocycles. The van der Waals surface area contributed by atoms with Gasteiger partial charge in [0.05, 0.1) is 0 Å². The fourth-order valence-electron chi connectivity index (χ4n) is 0.139. The molecule has 70 valence electrons. The van der Waals surface area contributed by atoms with Crippen LogP contribution in [0.4, 0.5) is 0 Å². The van der Waals surface area contributed by atoms with Crippen LogP contribution in [-0.2, 0) is 13.4 Å². The van der Waals surface area contributed by atoms with Crippen LogP contribution in [-0.4, -0.2) is 30.1 Å².